The molecule has 4 aliphatic rings. The molecule has 6 atom stereocenters. The normalized spacial score (nSPS) is 23.5. The first-order valence-electron chi connectivity index (χ1n) is 17.7. The Bertz CT molecular complexity index is 1810. The van der Waals surface area contributed by atoms with Crippen molar-refractivity contribution in [1.82, 2.24) is 40.4 Å². The fourth-order valence-electron chi connectivity index (χ4n) is 7.00. The van der Waals surface area contributed by atoms with E-state index in [1.165, 1.54) is 14.2 Å². The molecule has 6 heterocycles. The molecule has 0 aromatic carbocycles. The number of likely N-dealkylation sites (tertiary alicyclic amines) is 2. The van der Waals surface area contributed by atoms with E-state index in [1.54, 1.807) is 34.6 Å². The standard InChI is InChI=1S/C36H46N8O6S2/c1-19(2)29(41-35(47)49-5)33(45)43-13-7-9-24(43)31-37-17-21(39-31)11-12-22-15-27-28(51-22)16-26(52-27)23-18-38-32(40-23)25-10-8-14-44(25)34(46)30(20(3)4)42-36(48)50-6/h15-20,24-25,27-30H,7-10,13-14H2,1-6H3,(H,37,39)(H,38,40)(H,41,47)(H,42,48)/t24?,25-,27?,28?,29-,30-/m0/s1. The number of nitrogens with zero attached hydrogens (tertiary/aromatic N) is 4. The molecule has 2 aromatic heterocycles. The van der Waals surface area contributed by atoms with Crippen molar-refractivity contribution < 1.29 is 28.7 Å². The van der Waals surface area contributed by atoms with E-state index >= 15 is 0 Å². The SMILES string of the molecule is COC(=O)N[C@H](C(=O)N1CCCC1c1ncc(C#CC2=CC3SC(c4cnc([C@@H]5CCCN5C(=O)[C@@H](NC(=O)OC)C(C)C)[nH]4)=CC3S2)[nH]1)C(C)C. The molecule has 0 spiro atoms. The summed E-state index contributed by atoms with van der Waals surface area (Å²) in [6, 6.07) is -1.78. The molecule has 0 bridgehead atoms. The second-order valence-electron chi connectivity index (χ2n) is 13.9. The van der Waals surface area contributed by atoms with Gasteiger partial charge in [-0.05, 0) is 49.5 Å². The molecule has 0 saturated carbocycles. The lowest BCUT2D eigenvalue weighted by molar-refractivity contribution is -0.136. The Kier molecular flexibility index (Phi) is 11.6. The maximum Gasteiger partial charge on any atom is 0.407 e. The van der Waals surface area contributed by atoms with Gasteiger partial charge in [-0.3, -0.25) is 9.59 Å². The zero-order valence-corrected chi connectivity index (χ0v) is 31.9. The van der Waals surface area contributed by atoms with Crippen LogP contribution in [-0.2, 0) is 19.1 Å². The number of fused-ring (bicyclic) bond motifs is 1. The van der Waals surface area contributed by atoms with E-state index in [-0.39, 0.29) is 46.2 Å². The smallest absolute Gasteiger partial charge is 0.407 e. The van der Waals surface area contributed by atoms with Crippen molar-refractivity contribution in [3.8, 4) is 11.8 Å². The van der Waals surface area contributed by atoms with Crippen LogP contribution in [0.5, 0.6) is 0 Å². The third-order valence-electron chi connectivity index (χ3n) is 9.74. The van der Waals surface area contributed by atoms with Crippen molar-refractivity contribution >= 4 is 52.4 Å². The van der Waals surface area contributed by atoms with Crippen molar-refractivity contribution in [3.63, 3.8) is 0 Å². The highest BCUT2D eigenvalue weighted by atomic mass is 32.2. The number of H-pyrrole nitrogens is 2. The number of thioether (sulfide) groups is 2. The van der Waals surface area contributed by atoms with Crippen LogP contribution >= 0.6 is 23.5 Å². The minimum absolute atomic E-state index is 0.0986. The molecule has 52 heavy (non-hydrogen) atoms. The third kappa shape index (κ3) is 8.00. The molecular formula is C36H46N8O6S2. The zero-order chi connectivity index (χ0) is 37.1. The number of alkyl carbamates (subject to hydrolysis) is 2. The van der Waals surface area contributed by atoms with Gasteiger partial charge in [0.1, 0.15) is 29.4 Å². The second-order valence-corrected chi connectivity index (χ2v) is 16.4. The number of nitrogens with one attached hydrogen (secondary N) is 4. The van der Waals surface area contributed by atoms with Crippen molar-refractivity contribution in [1.29, 1.82) is 0 Å². The first kappa shape index (κ1) is 37.4. The Morgan fingerprint density at radius 1 is 0.788 bits per heavy atom. The summed E-state index contributed by atoms with van der Waals surface area (Å²) in [6.45, 7) is 8.78. The zero-order valence-electron chi connectivity index (χ0n) is 30.2. The number of ether oxygens (including phenoxy) is 2. The first-order chi connectivity index (χ1) is 25.0. The number of allylic oxidation sites excluding steroid dienone is 1. The molecule has 4 aliphatic heterocycles. The number of aromatic amines is 2. The summed E-state index contributed by atoms with van der Waals surface area (Å²) >= 11 is 3.49. The Labute approximate surface area is 312 Å². The highest BCUT2D eigenvalue weighted by Crippen LogP contribution is 2.50. The largest absolute Gasteiger partial charge is 0.453 e. The fraction of sp³-hybridized carbons (Fsp3) is 0.556. The molecule has 4 N–H and O–H groups in total. The van der Waals surface area contributed by atoms with Gasteiger partial charge >= 0.3 is 12.2 Å². The molecule has 6 rings (SSSR count). The number of hydrogen-bond donors (Lipinski definition) is 4. The van der Waals surface area contributed by atoms with E-state index in [0.29, 0.717) is 24.6 Å². The second kappa shape index (κ2) is 16.1. The first-order valence-corrected chi connectivity index (χ1v) is 19.4. The Hall–Kier alpha value is -4.36. The van der Waals surface area contributed by atoms with Gasteiger partial charge in [-0.15, -0.1) is 23.5 Å². The molecule has 278 valence electrons. The van der Waals surface area contributed by atoms with Gasteiger partial charge < -0.3 is 39.9 Å². The molecule has 4 amide bonds. The van der Waals surface area contributed by atoms with Crippen molar-refractivity contribution in [2.75, 3.05) is 27.3 Å². The summed E-state index contributed by atoms with van der Waals surface area (Å²) < 4.78 is 9.49. The van der Waals surface area contributed by atoms with E-state index in [1.807, 2.05) is 38.8 Å². The van der Waals surface area contributed by atoms with E-state index in [4.69, 9.17) is 14.5 Å². The number of hydrogen-bond acceptors (Lipinski definition) is 10. The predicted octanol–water partition coefficient (Wildman–Crippen LogP) is 4.73. The van der Waals surface area contributed by atoms with Crippen LogP contribution < -0.4 is 10.6 Å². The molecule has 14 nitrogen and oxygen atoms in total. The predicted molar refractivity (Wildman–Crippen MR) is 199 cm³/mol. The number of imidazole rings is 2. The quantitative estimate of drug-likeness (QED) is 0.263. The Morgan fingerprint density at radius 2 is 1.33 bits per heavy atom. The van der Waals surface area contributed by atoms with E-state index < -0.39 is 24.3 Å². The molecule has 2 aromatic rings. The number of amides is 4. The van der Waals surface area contributed by atoms with E-state index in [9.17, 15) is 19.2 Å². The number of rotatable bonds is 9. The van der Waals surface area contributed by atoms with Gasteiger partial charge in [-0.1, -0.05) is 39.7 Å². The number of aromatic nitrogens is 4. The topological polar surface area (TPSA) is 175 Å². The van der Waals surface area contributed by atoms with Gasteiger partial charge in [-0.25, -0.2) is 19.6 Å². The van der Waals surface area contributed by atoms with Crippen LogP contribution in [0.15, 0.2) is 29.5 Å². The van der Waals surface area contributed by atoms with Crippen LogP contribution in [-0.4, -0.2) is 104 Å². The third-order valence-corrected chi connectivity index (χ3v) is 12.4. The maximum absolute atomic E-state index is 13.5. The summed E-state index contributed by atoms with van der Waals surface area (Å²) in [5.74, 6) is 7.46. The number of methoxy groups -OCH3 is 2. The average Bonchev–Trinajstić information content (AvgIpc) is 3.96. The maximum atomic E-state index is 13.5. The average molecular weight is 751 g/mol. The Balaban J connectivity index is 1.06. The summed E-state index contributed by atoms with van der Waals surface area (Å²) in [4.78, 5) is 72.6. The van der Waals surface area contributed by atoms with Gasteiger partial charge in [0.15, 0.2) is 0 Å². The van der Waals surface area contributed by atoms with Crippen LogP contribution in [0.2, 0.25) is 0 Å². The molecule has 3 unspecified atom stereocenters. The van der Waals surface area contributed by atoms with Crippen LogP contribution in [0.3, 0.4) is 0 Å². The molecule has 16 heteroatoms. The fourth-order valence-corrected chi connectivity index (χ4v) is 9.72. The summed E-state index contributed by atoms with van der Waals surface area (Å²) in [5.41, 5.74) is 1.60. The number of carbonyl (C=O) groups is 4. The van der Waals surface area contributed by atoms with Gasteiger partial charge in [-0.2, -0.15) is 0 Å². The summed E-state index contributed by atoms with van der Waals surface area (Å²) in [6.07, 6.45) is 10.00. The van der Waals surface area contributed by atoms with Gasteiger partial charge in [0, 0.05) is 28.5 Å². The van der Waals surface area contributed by atoms with Crippen LogP contribution in [0.25, 0.3) is 4.91 Å². The Morgan fingerprint density at radius 3 is 1.87 bits per heavy atom. The van der Waals surface area contributed by atoms with E-state index in [2.05, 4.69) is 49.6 Å². The number of carbonyl (C=O) groups excluding carboxylic acids is 4. The lowest BCUT2D eigenvalue weighted by Gasteiger charge is -2.30. The molecular weight excluding hydrogens is 705 g/mol. The van der Waals surface area contributed by atoms with Gasteiger partial charge in [0.05, 0.1) is 49.3 Å². The lowest BCUT2D eigenvalue weighted by Crippen LogP contribution is -2.51. The molecule has 0 aliphatic carbocycles. The monoisotopic (exact) mass is 750 g/mol. The summed E-state index contributed by atoms with van der Waals surface area (Å²) in [7, 11) is 2.57. The summed E-state index contributed by atoms with van der Waals surface area (Å²) in [5, 5.41) is 5.85. The van der Waals surface area contributed by atoms with Crippen molar-refractivity contribution in [3.05, 3.63) is 52.5 Å². The highest BCUT2D eigenvalue weighted by molar-refractivity contribution is 8.12. The van der Waals surface area contributed by atoms with Crippen molar-refractivity contribution in [2.24, 2.45) is 11.8 Å². The lowest BCUT2D eigenvalue weighted by atomic mass is 10.0. The molecule has 0 radical (unpaired) electrons. The van der Waals surface area contributed by atoms with Crippen LogP contribution in [0, 0.1) is 23.7 Å². The van der Waals surface area contributed by atoms with Crippen molar-refractivity contribution in [2.45, 2.75) is 88.0 Å². The molecule has 2 fully saturated rings. The minimum Gasteiger partial charge on any atom is -0.453 e. The highest BCUT2D eigenvalue weighted by Gasteiger charge is 2.40. The van der Waals surface area contributed by atoms with Gasteiger partial charge in [0.2, 0.25) is 11.8 Å². The van der Waals surface area contributed by atoms with Crippen LogP contribution in [0.4, 0.5) is 9.59 Å². The van der Waals surface area contributed by atoms with E-state index in [0.717, 1.165) is 47.0 Å². The molecule has 2 saturated heterocycles. The van der Waals surface area contributed by atoms with Gasteiger partial charge in [0.25, 0.3) is 0 Å². The minimum atomic E-state index is -0.690. The van der Waals surface area contributed by atoms with Crippen LogP contribution in [0.1, 0.15) is 88.5 Å².